The van der Waals surface area contributed by atoms with Crippen molar-refractivity contribution in [3.63, 3.8) is 0 Å². The Morgan fingerprint density at radius 2 is 2.15 bits per heavy atom. The van der Waals surface area contributed by atoms with Crippen molar-refractivity contribution in [1.29, 1.82) is 0 Å². The minimum atomic E-state index is -0.489. The fourth-order valence-electron chi connectivity index (χ4n) is 2.61. The van der Waals surface area contributed by atoms with Gasteiger partial charge in [-0.05, 0) is 42.5 Å². The highest BCUT2D eigenvalue weighted by Gasteiger charge is 2.29. The van der Waals surface area contributed by atoms with Gasteiger partial charge in [0.05, 0.1) is 6.04 Å². The molecule has 1 fully saturated rings. The number of hydrogen-bond acceptors (Lipinski definition) is 4. The summed E-state index contributed by atoms with van der Waals surface area (Å²) in [7, 11) is 0. The first kappa shape index (κ1) is 14.7. The topological polar surface area (TPSA) is 101 Å². The zero-order chi connectivity index (χ0) is 14.5. The highest BCUT2D eigenvalue weighted by molar-refractivity contribution is 6.29. The van der Waals surface area contributed by atoms with E-state index in [1.54, 1.807) is 0 Å². The van der Waals surface area contributed by atoms with Crippen molar-refractivity contribution in [1.82, 2.24) is 5.32 Å². The van der Waals surface area contributed by atoms with Crippen LogP contribution >= 0.6 is 11.6 Å². The highest BCUT2D eigenvalue weighted by atomic mass is 35.5. The number of rotatable bonds is 4. The summed E-state index contributed by atoms with van der Waals surface area (Å²) in [5.74, 6) is -0.113. The second-order valence-corrected chi connectivity index (χ2v) is 5.35. The number of furan rings is 1. The van der Waals surface area contributed by atoms with Gasteiger partial charge in [-0.15, -0.1) is 0 Å². The summed E-state index contributed by atoms with van der Waals surface area (Å²) in [5.41, 5.74) is 5.71. The predicted octanol–water partition coefficient (Wildman–Crippen LogP) is 2.36. The molecule has 0 bridgehead atoms. The van der Waals surface area contributed by atoms with Crippen molar-refractivity contribution in [3.05, 3.63) is 23.1 Å². The third-order valence-electron chi connectivity index (χ3n) is 3.64. The van der Waals surface area contributed by atoms with Gasteiger partial charge in [0.15, 0.2) is 16.8 Å². The van der Waals surface area contributed by atoms with Gasteiger partial charge < -0.3 is 20.7 Å². The van der Waals surface area contributed by atoms with Gasteiger partial charge in [-0.25, -0.2) is 0 Å². The molecular weight excluding hydrogens is 282 g/mol. The van der Waals surface area contributed by atoms with E-state index in [-0.39, 0.29) is 22.7 Å². The van der Waals surface area contributed by atoms with Crippen molar-refractivity contribution in [2.45, 2.75) is 38.1 Å². The van der Waals surface area contributed by atoms with Crippen molar-refractivity contribution >= 4 is 23.3 Å². The molecule has 0 aliphatic heterocycles. The van der Waals surface area contributed by atoms with Gasteiger partial charge in [-0.3, -0.25) is 4.79 Å². The predicted molar refractivity (Wildman–Crippen MR) is 75.0 cm³/mol. The molecule has 110 valence electrons. The van der Waals surface area contributed by atoms with Crippen LogP contribution in [0, 0.1) is 5.92 Å². The molecule has 6 nitrogen and oxygen atoms in total. The molecule has 0 spiro atoms. The van der Waals surface area contributed by atoms with Crippen LogP contribution in [0.2, 0.25) is 5.22 Å². The van der Waals surface area contributed by atoms with Crippen LogP contribution in [0.1, 0.15) is 42.7 Å². The van der Waals surface area contributed by atoms with E-state index in [2.05, 4.69) is 10.5 Å². The lowest BCUT2D eigenvalue weighted by molar-refractivity contribution is 0.0902. The number of nitrogens with zero attached hydrogens (tertiary/aromatic N) is 1. The van der Waals surface area contributed by atoms with Gasteiger partial charge in [-0.1, -0.05) is 24.4 Å². The minimum absolute atomic E-state index is 0.0166. The summed E-state index contributed by atoms with van der Waals surface area (Å²) in [4.78, 5) is 12.1. The van der Waals surface area contributed by atoms with Gasteiger partial charge in [0.1, 0.15) is 0 Å². The average Bonchev–Trinajstić information content (AvgIpc) is 2.91. The second kappa shape index (κ2) is 6.65. The normalized spacial score (nSPS) is 18.8. The van der Waals surface area contributed by atoms with E-state index in [4.69, 9.17) is 27.0 Å². The van der Waals surface area contributed by atoms with Crippen LogP contribution in [0.25, 0.3) is 0 Å². The van der Waals surface area contributed by atoms with Crippen LogP contribution < -0.4 is 11.1 Å². The second-order valence-electron chi connectivity index (χ2n) is 4.98. The largest absolute Gasteiger partial charge is 0.440 e. The average molecular weight is 300 g/mol. The molecule has 1 aliphatic rings. The minimum Gasteiger partial charge on any atom is -0.440 e. The summed E-state index contributed by atoms with van der Waals surface area (Å²) in [5, 5.41) is 14.8. The molecule has 1 amide bonds. The lowest BCUT2D eigenvalue weighted by Gasteiger charge is -2.29. The van der Waals surface area contributed by atoms with Crippen LogP contribution in [0.4, 0.5) is 0 Å². The summed E-state index contributed by atoms with van der Waals surface area (Å²) in [6.45, 7) is 0. The number of hydrogen-bond donors (Lipinski definition) is 3. The van der Waals surface area contributed by atoms with Crippen LogP contribution in [0.3, 0.4) is 0 Å². The molecule has 0 aromatic carbocycles. The molecular formula is C13H18ClN3O3. The van der Waals surface area contributed by atoms with Crippen molar-refractivity contribution in [2.75, 3.05) is 0 Å². The zero-order valence-corrected chi connectivity index (χ0v) is 11.8. The standard InChI is InChI=1S/C13H18ClN3O3/c14-10-7-6-9(20-10)13(18)16-11(12(15)17-19)8-4-2-1-3-5-8/h6-8,11,19H,1-5H2,(H2,15,17)(H,16,18). The van der Waals surface area contributed by atoms with Crippen LogP contribution in [-0.4, -0.2) is 23.0 Å². The number of nitrogens with one attached hydrogen (secondary N) is 1. The summed E-state index contributed by atoms with van der Waals surface area (Å²) < 4.78 is 5.06. The molecule has 4 N–H and O–H groups in total. The van der Waals surface area contributed by atoms with Crippen molar-refractivity contribution in [3.8, 4) is 0 Å². The number of carbonyl (C=O) groups excluding carboxylic acids is 1. The van der Waals surface area contributed by atoms with Crippen LogP contribution in [-0.2, 0) is 0 Å². The Labute approximate surface area is 122 Å². The number of oxime groups is 1. The molecule has 20 heavy (non-hydrogen) atoms. The maximum atomic E-state index is 12.1. The molecule has 1 aromatic heterocycles. The molecule has 1 heterocycles. The number of carbonyl (C=O) groups is 1. The Kier molecular flexibility index (Phi) is 4.89. The number of amidine groups is 1. The Bertz CT molecular complexity index is 495. The first-order valence-electron chi connectivity index (χ1n) is 6.65. The Morgan fingerprint density at radius 1 is 1.45 bits per heavy atom. The number of amides is 1. The van der Waals surface area contributed by atoms with E-state index in [1.165, 1.54) is 18.6 Å². The first-order valence-corrected chi connectivity index (χ1v) is 7.03. The lowest BCUT2D eigenvalue weighted by Crippen LogP contribution is -2.49. The van der Waals surface area contributed by atoms with Gasteiger partial charge >= 0.3 is 0 Å². The van der Waals surface area contributed by atoms with E-state index >= 15 is 0 Å². The quantitative estimate of drug-likeness (QED) is 0.344. The Balaban J connectivity index is 2.09. The molecule has 0 radical (unpaired) electrons. The molecule has 0 saturated heterocycles. The van der Waals surface area contributed by atoms with E-state index in [0.717, 1.165) is 25.7 Å². The number of halogens is 1. The fourth-order valence-corrected chi connectivity index (χ4v) is 2.76. The molecule has 2 rings (SSSR count). The monoisotopic (exact) mass is 299 g/mol. The molecule has 1 atom stereocenters. The number of nitrogens with two attached hydrogens (primary N) is 1. The smallest absolute Gasteiger partial charge is 0.287 e. The van der Waals surface area contributed by atoms with Gasteiger partial charge in [-0.2, -0.15) is 0 Å². The summed E-state index contributed by atoms with van der Waals surface area (Å²) >= 11 is 5.64. The van der Waals surface area contributed by atoms with Crippen LogP contribution in [0.15, 0.2) is 21.7 Å². The SMILES string of the molecule is N/C(=N/O)C(NC(=O)c1ccc(Cl)o1)C1CCCCC1. The van der Waals surface area contributed by atoms with Crippen molar-refractivity contribution in [2.24, 2.45) is 16.8 Å². The van der Waals surface area contributed by atoms with E-state index in [9.17, 15) is 4.79 Å². The molecule has 1 aromatic rings. The zero-order valence-electron chi connectivity index (χ0n) is 11.0. The van der Waals surface area contributed by atoms with E-state index < -0.39 is 11.9 Å². The third kappa shape index (κ3) is 3.45. The maximum absolute atomic E-state index is 12.1. The third-order valence-corrected chi connectivity index (χ3v) is 3.84. The first-order chi connectivity index (χ1) is 9.61. The summed E-state index contributed by atoms with van der Waals surface area (Å²) in [6.07, 6.45) is 5.24. The fraction of sp³-hybridized carbons (Fsp3) is 0.538. The highest BCUT2D eigenvalue weighted by Crippen LogP contribution is 2.27. The van der Waals surface area contributed by atoms with Crippen LogP contribution in [0.5, 0.6) is 0 Å². The lowest BCUT2D eigenvalue weighted by atomic mass is 9.83. The molecule has 1 aliphatic carbocycles. The summed E-state index contributed by atoms with van der Waals surface area (Å²) in [6, 6.07) is 2.49. The molecule has 1 saturated carbocycles. The molecule has 1 unspecified atom stereocenters. The van der Waals surface area contributed by atoms with E-state index in [1.807, 2.05) is 0 Å². The van der Waals surface area contributed by atoms with Gasteiger partial charge in [0, 0.05) is 0 Å². The van der Waals surface area contributed by atoms with Gasteiger partial charge in [0.2, 0.25) is 0 Å². The molecule has 7 heteroatoms. The maximum Gasteiger partial charge on any atom is 0.287 e. The van der Waals surface area contributed by atoms with Crippen molar-refractivity contribution < 1.29 is 14.4 Å². The van der Waals surface area contributed by atoms with E-state index in [0.29, 0.717) is 0 Å². The Hall–Kier alpha value is -1.69. The Morgan fingerprint density at radius 3 is 2.70 bits per heavy atom. The van der Waals surface area contributed by atoms with Gasteiger partial charge in [0.25, 0.3) is 5.91 Å².